The van der Waals surface area contributed by atoms with Crippen LogP contribution in [0.2, 0.25) is 0 Å². The predicted octanol–water partition coefficient (Wildman–Crippen LogP) is 0.518. The third-order valence-electron chi connectivity index (χ3n) is 5.80. The van der Waals surface area contributed by atoms with Crippen molar-refractivity contribution in [3.05, 3.63) is 23.4 Å². The second kappa shape index (κ2) is 8.46. The molecule has 4 rings (SSSR count). The summed E-state index contributed by atoms with van der Waals surface area (Å²) in [5, 5.41) is 6.12. The molecule has 0 radical (unpaired) electrons. The molecule has 9 heteroatoms. The highest BCUT2D eigenvalue weighted by Crippen LogP contribution is 2.38. The summed E-state index contributed by atoms with van der Waals surface area (Å²) in [4.78, 5) is 44.8. The second-order valence-corrected chi connectivity index (χ2v) is 7.98. The molecular formula is C20H27N5O4. The number of carbonyl (C=O) groups is 3. The molecule has 0 bridgehead atoms. The van der Waals surface area contributed by atoms with E-state index in [1.165, 1.54) is 19.8 Å². The van der Waals surface area contributed by atoms with Crippen LogP contribution in [0.15, 0.2) is 12.0 Å². The van der Waals surface area contributed by atoms with Crippen LogP contribution >= 0.6 is 0 Å². The van der Waals surface area contributed by atoms with Gasteiger partial charge in [-0.15, -0.1) is 0 Å². The summed E-state index contributed by atoms with van der Waals surface area (Å²) < 4.78 is 5.68. The maximum absolute atomic E-state index is 12.6. The SMILES string of the molecule is CC(=O)N1CC(=O)N/C(=C\c2nc[nH]c2C(CCC2CC2)C2COCCN2)C1=O. The Labute approximate surface area is 169 Å². The number of imide groups is 1. The Hall–Kier alpha value is -2.52. The van der Waals surface area contributed by atoms with Crippen molar-refractivity contribution in [2.24, 2.45) is 5.92 Å². The molecule has 2 aliphatic heterocycles. The molecule has 1 aliphatic carbocycles. The lowest BCUT2D eigenvalue weighted by atomic mass is 9.88. The number of morpholine rings is 1. The van der Waals surface area contributed by atoms with Crippen molar-refractivity contribution >= 4 is 23.8 Å². The number of aromatic nitrogens is 2. The van der Waals surface area contributed by atoms with Crippen LogP contribution < -0.4 is 10.6 Å². The van der Waals surface area contributed by atoms with Gasteiger partial charge in [0.25, 0.3) is 5.91 Å². The minimum absolute atomic E-state index is 0.0681. The molecule has 0 aromatic carbocycles. The van der Waals surface area contributed by atoms with Gasteiger partial charge in [0.05, 0.1) is 25.2 Å². The molecule has 29 heavy (non-hydrogen) atoms. The lowest BCUT2D eigenvalue weighted by Gasteiger charge is -2.31. The number of piperazine rings is 1. The number of ether oxygens (including phenoxy) is 1. The van der Waals surface area contributed by atoms with Gasteiger partial charge in [-0.05, 0) is 24.8 Å². The van der Waals surface area contributed by atoms with Crippen LogP contribution in [0.3, 0.4) is 0 Å². The van der Waals surface area contributed by atoms with Gasteiger partial charge in [-0.25, -0.2) is 4.98 Å². The summed E-state index contributed by atoms with van der Waals surface area (Å²) >= 11 is 0. The summed E-state index contributed by atoms with van der Waals surface area (Å²) in [6.07, 6.45) is 7.89. The van der Waals surface area contributed by atoms with E-state index >= 15 is 0 Å². The molecule has 2 atom stereocenters. The van der Waals surface area contributed by atoms with Gasteiger partial charge in [0.15, 0.2) is 0 Å². The van der Waals surface area contributed by atoms with Gasteiger partial charge in [-0.1, -0.05) is 12.8 Å². The number of hydrogen-bond acceptors (Lipinski definition) is 6. The summed E-state index contributed by atoms with van der Waals surface area (Å²) in [6.45, 7) is 3.14. The highest BCUT2D eigenvalue weighted by atomic mass is 16.5. The van der Waals surface area contributed by atoms with Crippen molar-refractivity contribution in [3.63, 3.8) is 0 Å². The zero-order valence-corrected chi connectivity index (χ0v) is 16.6. The number of hydrogen-bond donors (Lipinski definition) is 3. The van der Waals surface area contributed by atoms with E-state index < -0.39 is 17.7 Å². The van der Waals surface area contributed by atoms with Crippen molar-refractivity contribution in [1.29, 1.82) is 0 Å². The maximum Gasteiger partial charge on any atom is 0.277 e. The quantitative estimate of drug-likeness (QED) is 0.599. The standard InChI is InChI=1S/C20H27N5O4/c1-12(26)25-9-18(27)24-16(20(25)28)8-15-19(23-11-22-15)14(5-4-13-2-3-13)17-10-29-7-6-21-17/h8,11,13-14,17,21H,2-7,9-10H2,1H3,(H,22,23)(H,24,27)/b16-8-. The first-order valence-electron chi connectivity index (χ1n) is 10.2. The smallest absolute Gasteiger partial charge is 0.277 e. The first-order valence-corrected chi connectivity index (χ1v) is 10.2. The molecule has 1 saturated carbocycles. The van der Waals surface area contributed by atoms with Gasteiger partial charge in [0, 0.05) is 31.1 Å². The normalized spacial score (nSPS) is 25.2. The summed E-state index contributed by atoms with van der Waals surface area (Å²) in [7, 11) is 0. The zero-order chi connectivity index (χ0) is 20.4. The average molecular weight is 401 g/mol. The van der Waals surface area contributed by atoms with Crippen LogP contribution in [0.1, 0.15) is 49.9 Å². The van der Waals surface area contributed by atoms with Gasteiger partial charge < -0.3 is 20.4 Å². The van der Waals surface area contributed by atoms with E-state index in [4.69, 9.17) is 4.74 Å². The number of H-pyrrole nitrogens is 1. The molecular weight excluding hydrogens is 374 g/mol. The first kappa shape index (κ1) is 19.8. The van der Waals surface area contributed by atoms with E-state index in [-0.39, 0.29) is 24.2 Å². The molecule has 3 heterocycles. The van der Waals surface area contributed by atoms with Crippen molar-refractivity contribution in [2.75, 3.05) is 26.3 Å². The summed E-state index contributed by atoms with van der Waals surface area (Å²) in [6, 6.07) is 0.158. The monoisotopic (exact) mass is 401 g/mol. The minimum Gasteiger partial charge on any atom is -0.378 e. The molecule has 3 N–H and O–H groups in total. The molecule has 1 aromatic heterocycles. The Morgan fingerprint density at radius 2 is 2.24 bits per heavy atom. The van der Waals surface area contributed by atoms with E-state index in [0.29, 0.717) is 18.9 Å². The van der Waals surface area contributed by atoms with Crippen molar-refractivity contribution in [1.82, 2.24) is 25.5 Å². The van der Waals surface area contributed by atoms with E-state index in [2.05, 4.69) is 20.6 Å². The molecule has 3 aliphatic rings. The molecule has 3 fully saturated rings. The second-order valence-electron chi connectivity index (χ2n) is 7.98. The van der Waals surface area contributed by atoms with Gasteiger partial charge in [0.2, 0.25) is 11.8 Å². The number of aromatic amines is 1. The van der Waals surface area contributed by atoms with Gasteiger partial charge in [0.1, 0.15) is 12.2 Å². The number of nitrogens with zero attached hydrogens (tertiary/aromatic N) is 2. The Kier molecular flexibility index (Phi) is 5.77. The Bertz CT molecular complexity index is 823. The van der Waals surface area contributed by atoms with Crippen LogP contribution in [0.4, 0.5) is 0 Å². The van der Waals surface area contributed by atoms with Gasteiger partial charge in [-0.3, -0.25) is 19.3 Å². The fourth-order valence-corrected chi connectivity index (χ4v) is 4.03. The van der Waals surface area contributed by atoms with E-state index in [0.717, 1.165) is 35.9 Å². The average Bonchev–Trinajstić information content (AvgIpc) is 3.43. The van der Waals surface area contributed by atoms with Crippen molar-refractivity contribution in [2.45, 2.75) is 44.6 Å². The van der Waals surface area contributed by atoms with Gasteiger partial charge in [-0.2, -0.15) is 0 Å². The number of amides is 3. The molecule has 156 valence electrons. The number of nitrogens with one attached hydrogen (secondary N) is 3. The molecule has 9 nitrogen and oxygen atoms in total. The van der Waals surface area contributed by atoms with Crippen LogP contribution in [-0.2, 0) is 19.1 Å². The van der Waals surface area contributed by atoms with Crippen LogP contribution in [0.5, 0.6) is 0 Å². The minimum atomic E-state index is -0.514. The third-order valence-corrected chi connectivity index (χ3v) is 5.80. The number of rotatable bonds is 6. The van der Waals surface area contributed by atoms with Crippen molar-refractivity contribution in [3.8, 4) is 0 Å². The molecule has 0 spiro atoms. The topological polar surface area (TPSA) is 116 Å². The van der Waals surface area contributed by atoms with Gasteiger partial charge >= 0.3 is 0 Å². The number of carbonyl (C=O) groups excluding carboxylic acids is 3. The Balaban J connectivity index is 1.60. The lowest BCUT2D eigenvalue weighted by molar-refractivity contribution is -0.147. The molecule has 3 amide bonds. The lowest BCUT2D eigenvalue weighted by Crippen LogP contribution is -2.51. The molecule has 1 aromatic rings. The Morgan fingerprint density at radius 1 is 1.41 bits per heavy atom. The molecule has 2 unspecified atom stereocenters. The summed E-state index contributed by atoms with van der Waals surface area (Å²) in [5.74, 6) is -0.405. The highest BCUT2D eigenvalue weighted by molar-refractivity contribution is 6.12. The third kappa shape index (κ3) is 4.56. The molecule has 2 saturated heterocycles. The van der Waals surface area contributed by atoms with E-state index in [9.17, 15) is 14.4 Å². The van der Waals surface area contributed by atoms with Crippen molar-refractivity contribution < 1.29 is 19.1 Å². The van der Waals surface area contributed by atoms with Crippen LogP contribution in [-0.4, -0.2) is 64.9 Å². The number of imidazole rings is 1. The zero-order valence-electron chi connectivity index (χ0n) is 16.6. The Morgan fingerprint density at radius 3 is 2.93 bits per heavy atom. The fraction of sp³-hybridized carbons (Fsp3) is 0.600. The summed E-state index contributed by atoms with van der Waals surface area (Å²) in [5.41, 5.74) is 1.59. The maximum atomic E-state index is 12.6. The van der Waals surface area contributed by atoms with E-state index in [1.54, 1.807) is 12.4 Å². The van der Waals surface area contributed by atoms with Crippen LogP contribution in [0, 0.1) is 5.92 Å². The largest absolute Gasteiger partial charge is 0.378 e. The predicted molar refractivity (Wildman–Crippen MR) is 104 cm³/mol. The highest BCUT2D eigenvalue weighted by Gasteiger charge is 2.33. The fourth-order valence-electron chi connectivity index (χ4n) is 4.03. The van der Waals surface area contributed by atoms with E-state index in [1.807, 2.05) is 0 Å². The first-order chi connectivity index (χ1) is 14.0. The van der Waals surface area contributed by atoms with Crippen LogP contribution in [0.25, 0.3) is 6.08 Å².